The van der Waals surface area contributed by atoms with Crippen molar-refractivity contribution in [3.05, 3.63) is 46.1 Å². The molecule has 17 heavy (non-hydrogen) atoms. The van der Waals surface area contributed by atoms with Gasteiger partial charge in [-0.15, -0.1) is 0 Å². The van der Waals surface area contributed by atoms with Crippen molar-refractivity contribution in [3.8, 4) is 0 Å². The largest absolute Gasteiger partial charge is 0.332 e. The lowest BCUT2D eigenvalue weighted by Gasteiger charge is -2.24. The molecular weight excluding hydrogens is 255 g/mol. The lowest BCUT2D eigenvalue weighted by atomic mass is 10.1. The normalized spacial score (nSPS) is 13.5. The smallest absolute Gasteiger partial charge is 0.0891 e. The fraction of sp³-hybridized carbons (Fsp3) is 0.308. The van der Waals surface area contributed by atoms with Gasteiger partial charge in [0, 0.05) is 23.3 Å². The Hall–Kier alpha value is -0.990. The monoisotopic (exact) mass is 270 g/mol. The van der Waals surface area contributed by atoms with E-state index in [0.29, 0.717) is 10.0 Å². The summed E-state index contributed by atoms with van der Waals surface area (Å²) in [5.74, 6) is 0. The molecule has 0 aliphatic heterocycles. The van der Waals surface area contributed by atoms with Crippen LogP contribution in [0.4, 0.5) is 0 Å². The maximum atomic E-state index is 6.19. The fourth-order valence-corrected chi connectivity index (χ4v) is 2.14. The summed E-state index contributed by atoms with van der Waals surface area (Å²) in [5.41, 5.74) is 1.02. The van der Waals surface area contributed by atoms with Gasteiger partial charge in [0.15, 0.2) is 0 Å². The molecule has 0 bridgehead atoms. The van der Waals surface area contributed by atoms with E-state index >= 15 is 0 Å². The van der Waals surface area contributed by atoms with Crippen LogP contribution in [0, 0.1) is 0 Å². The molecule has 0 aromatic heterocycles. The first-order chi connectivity index (χ1) is 8.10. The van der Waals surface area contributed by atoms with Crippen molar-refractivity contribution in [2.24, 2.45) is 4.99 Å². The van der Waals surface area contributed by atoms with Gasteiger partial charge >= 0.3 is 0 Å². The predicted octanol–water partition coefficient (Wildman–Crippen LogP) is 4.55. The molecule has 0 aliphatic carbocycles. The molecule has 0 amide bonds. The van der Waals surface area contributed by atoms with Gasteiger partial charge in [-0.1, -0.05) is 35.3 Å². The van der Waals surface area contributed by atoms with E-state index < -0.39 is 0 Å². The fourth-order valence-electron chi connectivity index (χ4n) is 1.57. The van der Waals surface area contributed by atoms with Crippen molar-refractivity contribution in [2.45, 2.75) is 19.9 Å². The maximum absolute atomic E-state index is 6.19. The Morgan fingerprint density at radius 2 is 2.06 bits per heavy atom. The van der Waals surface area contributed by atoms with E-state index in [4.69, 9.17) is 23.2 Å². The molecule has 1 aromatic rings. The number of aliphatic imine (C=N–C) groups is 1. The summed E-state index contributed by atoms with van der Waals surface area (Å²) in [6.07, 6.45) is 5.69. The van der Waals surface area contributed by atoms with Crippen LogP contribution in [-0.4, -0.2) is 18.3 Å². The molecule has 0 saturated heterocycles. The van der Waals surface area contributed by atoms with Crippen LogP contribution >= 0.6 is 23.2 Å². The molecule has 0 spiro atoms. The van der Waals surface area contributed by atoms with E-state index in [9.17, 15) is 0 Å². The number of hydrogen-bond acceptors (Lipinski definition) is 1. The number of nitrogens with zero attached hydrogens (tertiary/aromatic N) is 2. The Morgan fingerprint density at radius 1 is 1.35 bits per heavy atom. The van der Waals surface area contributed by atoms with E-state index in [1.165, 1.54) is 0 Å². The third-order valence-electron chi connectivity index (χ3n) is 2.43. The van der Waals surface area contributed by atoms with E-state index in [-0.39, 0.29) is 6.04 Å². The molecule has 92 valence electrons. The molecule has 1 aromatic carbocycles. The molecule has 1 unspecified atom stereocenters. The summed E-state index contributed by atoms with van der Waals surface area (Å²) >= 11 is 12.1. The van der Waals surface area contributed by atoms with Gasteiger partial charge in [0.1, 0.15) is 0 Å². The number of rotatable bonds is 4. The first kappa shape index (κ1) is 14.1. The number of hydrogen-bond donors (Lipinski definition) is 0. The van der Waals surface area contributed by atoms with Gasteiger partial charge in [-0.2, -0.15) is 0 Å². The highest BCUT2D eigenvalue weighted by Gasteiger charge is 2.14. The van der Waals surface area contributed by atoms with Crippen LogP contribution < -0.4 is 0 Å². The molecule has 2 nitrogen and oxygen atoms in total. The highest BCUT2D eigenvalue weighted by atomic mass is 35.5. The SMILES string of the molecule is C/C=C/N(/C=N\C)C(C)c1ccc(Cl)cc1Cl. The van der Waals surface area contributed by atoms with E-state index in [1.54, 1.807) is 19.5 Å². The lowest BCUT2D eigenvalue weighted by Crippen LogP contribution is -2.19. The zero-order valence-corrected chi connectivity index (χ0v) is 11.7. The molecule has 0 heterocycles. The lowest BCUT2D eigenvalue weighted by molar-refractivity contribution is 0.454. The summed E-state index contributed by atoms with van der Waals surface area (Å²) in [5, 5.41) is 1.32. The van der Waals surface area contributed by atoms with Crippen LogP contribution in [0.1, 0.15) is 25.5 Å². The van der Waals surface area contributed by atoms with Gasteiger partial charge in [0.2, 0.25) is 0 Å². The molecule has 0 saturated carbocycles. The minimum atomic E-state index is 0.111. The van der Waals surface area contributed by atoms with Crippen molar-refractivity contribution >= 4 is 29.5 Å². The van der Waals surface area contributed by atoms with Crippen LogP contribution in [-0.2, 0) is 0 Å². The van der Waals surface area contributed by atoms with Crippen LogP contribution in [0.2, 0.25) is 10.0 Å². The van der Waals surface area contributed by atoms with Crippen molar-refractivity contribution in [1.29, 1.82) is 0 Å². The quantitative estimate of drug-likeness (QED) is 0.579. The standard InChI is InChI=1S/C13H16Cl2N2/c1-4-7-17(9-16-3)10(2)12-6-5-11(14)8-13(12)15/h4-10H,1-3H3/b7-4+,16-9-. The summed E-state index contributed by atoms with van der Waals surface area (Å²) in [6, 6.07) is 5.65. The Kier molecular flexibility index (Phi) is 5.52. The molecule has 0 radical (unpaired) electrons. The first-order valence-corrected chi connectivity index (χ1v) is 6.13. The highest BCUT2D eigenvalue weighted by Crippen LogP contribution is 2.29. The van der Waals surface area contributed by atoms with Gasteiger partial charge in [0.25, 0.3) is 0 Å². The topological polar surface area (TPSA) is 15.6 Å². The minimum Gasteiger partial charge on any atom is -0.332 e. The van der Waals surface area contributed by atoms with Crippen molar-refractivity contribution < 1.29 is 0 Å². The Balaban J connectivity index is 3.04. The number of allylic oxidation sites excluding steroid dienone is 1. The van der Waals surface area contributed by atoms with Gasteiger partial charge in [-0.3, -0.25) is 4.99 Å². The van der Waals surface area contributed by atoms with Crippen LogP contribution in [0.15, 0.2) is 35.5 Å². The van der Waals surface area contributed by atoms with Gasteiger partial charge < -0.3 is 4.90 Å². The van der Waals surface area contributed by atoms with Crippen molar-refractivity contribution in [1.82, 2.24) is 4.90 Å². The van der Waals surface area contributed by atoms with Gasteiger partial charge in [-0.25, -0.2) is 0 Å². The minimum absolute atomic E-state index is 0.111. The van der Waals surface area contributed by atoms with Crippen molar-refractivity contribution in [3.63, 3.8) is 0 Å². The second-order valence-electron chi connectivity index (χ2n) is 3.65. The molecular formula is C13H16Cl2N2. The summed E-state index contributed by atoms with van der Waals surface area (Å²) in [4.78, 5) is 6.02. The second kappa shape index (κ2) is 6.67. The molecule has 4 heteroatoms. The number of benzene rings is 1. The van der Waals surface area contributed by atoms with Gasteiger partial charge in [0.05, 0.1) is 12.4 Å². The Bertz CT molecular complexity index is 415. The molecule has 1 rings (SSSR count). The summed E-state index contributed by atoms with van der Waals surface area (Å²) in [7, 11) is 1.74. The second-order valence-corrected chi connectivity index (χ2v) is 4.49. The van der Waals surface area contributed by atoms with E-state index in [1.807, 2.05) is 36.2 Å². The third kappa shape index (κ3) is 3.76. The highest BCUT2D eigenvalue weighted by molar-refractivity contribution is 6.35. The van der Waals surface area contributed by atoms with E-state index in [2.05, 4.69) is 11.9 Å². The van der Waals surface area contributed by atoms with Crippen LogP contribution in [0.5, 0.6) is 0 Å². The summed E-state index contributed by atoms with van der Waals surface area (Å²) in [6.45, 7) is 4.03. The summed E-state index contributed by atoms with van der Waals surface area (Å²) < 4.78 is 0. The average molecular weight is 271 g/mol. The van der Waals surface area contributed by atoms with Crippen LogP contribution in [0.25, 0.3) is 0 Å². The van der Waals surface area contributed by atoms with Crippen molar-refractivity contribution in [2.75, 3.05) is 7.05 Å². The van der Waals surface area contributed by atoms with Gasteiger partial charge in [-0.05, 0) is 31.5 Å². The molecule has 0 aliphatic rings. The zero-order chi connectivity index (χ0) is 12.8. The molecule has 1 atom stereocenters. The zero-order valence-electron chi connectivity index (χ0n) is 10.2. The molecule has 0 fully saturated rings. The average Bonchev–Trinajstić information content (AvgIpc) is 2.28. The van der Waals surface area contributed by atoms with Crippen LogP contribution in [0.3, 0.4) is 0 Å². The first-order valence-electron chi connectivity index (χ1n) is 5.37. The predicted molar refractivity (Wildman–Crippen MR) is 75.9 cm³/mol. The number of halogens is 2. The third-order valence-corrected chi connectivity index (χ3v) is 2.99. The molecule has 0 N–H and O–H groups in total. The Labute approximate surface area is 113 Å². The maximum Gasteiger partial charge on any atom is 0.0891 e. The van der Waals surface area contributed by atoms with E-state index in [0.717, 1.165) is 5.56 Å². The Morgan fingerprint density at radius 3 is 2.59 bits per heavy atom.